The van der Waals surface area contributed by atoms with Crippen LogP contribution in [0.5, 0.6) is 5.75 Å². The molecular formula is C22H24FN5O2. The summed E-state index contributed by atoms with van der Waals surface area (Å²) in [6.07, 6.45) is 5.04. The molecule has 1 aliphatic carbocycles. The Morgan fingerprint density at radius 2 is 2.10 bits per heavy atom. The molecule has 0 spiro atoms. The lowest BCUT2D eigenvalue weighted by atomic mass is 9.95. The minimum Gasteiger partial charge on any atom is -0.487 e. The Hall–Kier alpha value is -3.16. The number of nitrogens with one attached hydrogen (secondary N) is 2. The Kier molecular flexibility index (Phi) is 4.98. The summed E-state index contributed by atoms with van der Waals surface area (Å²) in [4.78, 5) is 14.9. The third-order valence-corrected chi connectivity index (χ3v) is 5.99. The van der Waals surface area contributed by atoms with Crippen molar-refractivity contribution in [2.45, 2.75) is 44.6 Å². The number of aromatic nitrogens is 4. The van der Waals surface area contributed by atoms with Gasteiger partial charge in [-0.25, -0.2) is 4.39 Å². The number of aryl methyl sites for hydroxylation is 1. The van der Waals surface area contributed by atoms with E-state index in [-0.39, 0.29) is 24.2 Å². The largest absolute Gasteiger partial charge is 0.487 e. The van der Waals surface area contributed by atoms with Crippen LogP contribution in [-0.2, 0) is 19.4 Å². The van der Waals surface area contributed by atoms with Crippen molar-refractivity contribution >= 4 is 5.91 Å². The smallest absolute Gasteiger partial charge is 0.274 e. The molecule has 2 aromatic heterocycles. The number of rotatable bonds is 5. The van der Waals surface area contributed by atoms with Crippen molar-refractivity contribution in [3.05, 3.63) is 64.5 Å². The molecule has 156 valence electrons. The van der Waals surface area contributed by atoms with Gasteiger partial charge in [0.25, 0.3) is 5.91 Å². The summed E-state index contributed by atoms with van der Waals surface area (Å²) in [5.74, 6) is 0.350. The van der Waals surface area contributed by atoms with Crippen molar-refractivity contribution in [3.8, 4) is 5.75 Å². The quantitative estimate of drug-likeness (QED) is 0.677. The summed E-state index contributed by atoms with van der Waals surface area (Å²) in [5, 5.41) is 14.8. The fourth-order valence-electron chi connectivity index (χ4n) is 4.37. The van der Waals surface area contributed by atoms with Gasteiger partial charge in [0.1, 0.15) is 18.2 Å². The number of benzene rings is 1. The first-order valence-electron chi connectivity index (χ1n) is 10.5. The molecule has 0 bridgehead atoms. The van der Waals surface area contributed by atoms with E-state index in [0.29, 0.717) is 24.5 Å². The number of hydrogen-bond donors (Lipinski definition) is 2. The Morgan fingerprint density at radius 1 is 1.20 bits per heavy atom. The highest BCUT2D eigenvalue weighted by atomic mass is 19.1. The molecule has 1 atom stereocenters. The molecule has 1 amide bonds. The van der Waals surface area contributed by atoms with Crippen molar-refractivity contribution in [1.82, 2.24) is 25.3 Å². The highest BCUT2D eigenvalue weighted by Crippen LogP contribution is 2.29. The van der Waals surface area contributed by atoms with Crippen LogP contribution in [-0.4, -0.2) is 44.3 Å². The third kappa shape index (κ3) is 3.69. The van der Waals surface area contributed by atoms with E-state index >= 15 is 0 Å². The first-order chi connectivity index (χ1) is 14.7. The lowest BCUT2D eigenvalue weighted by molar-refractivity contribution is 0.0783. The van der Waals surface area contributed by atoms with Crippen LogP contribution < -0.4 is 4.74 Å². The van der Waals surface area contributed by atoms with Crippen molar-refractivity contribution < 1.29 is 13.9 Å². The van der Waals surface area contributed by atoms with Gasteiger partial charge < -0.3 is 9.64 Å². The summed E-state index contributed by atoms with van der Waals surface area (Å²) < 4.78 is 18.9. The number of halogens is 1. The molecule has 3 aromatic rings. The molecule has 1 fully saturated rings. The van der Waals surface area contributed by atoms with E-state index in [1.54, 1.807) is 12.1 Å². The monoisotopic (exact) mass is 409 g/mol. The Labute approximate surface area is 173 Å². The second-order valence-electron chi connectivity index (χ2n) is 8.04. The Morgan fingerprint density at radius 3 is 3.00 bits per heavy atom. The van der Waals surface area contributed by atoms with Gasteiger partial charge in [-0.2, -0.15) is 10.2 Å². The first kappa shape index (κ1) is 18.8. The van der Waals surface area contributed by atoms with Crippen LogP contribution >= 0.6 is 0 Å². The van der Waals surface area contributed by atoms with Gasteiger partial charge in [0, 0.05) is 36.3 Å². The van der Waals surface area contributed by atoms with Crippen molar-refractivity contribution in [1.29, 1.82) is 0 Å². The summed E-state index contributed by atoms with van der Waals surface area (Å²) in [7, 11) is 0. The molecule has 7 nitrogen and oxygen atoms in total. The van der Waals surface area contributed by atoms with Crippen molar-refractivity contribution in [3.63, 3.8) is 0 Å². The number of carbonyl (C=O) groups is 1. The average Bonchev–Trinajstić information content (AvgIpc) is 3.51. The van der Waals surface area contributed by atoms with Gasteiger partial charge in [0.2, 0.25) is 0 Å². The molecule has 8 heteroatoms. The maximum Gasteiger partial charge on any atom is 0.274 e. The van der Waals surface area contributed by atoms with Crippen LogP contribution in [0, 0.1) is 5.82 Å². The molecule has 1 aromatic carbocycles. The van der Waals surface area contributed by atoms with Crippen LogP contribution in [0.25, 0.3) is 0 Å². The van der Waals surface area contributed by atoms with Crippen molar-refractivity contribution in [2.24, 2.45) is 0 Å². The number of carbonyl (C=O) groups excluding carboxylic acids is 1. The van der Waals surface area contributed by atoms with Gasteiger partial charge in [-0.05, 0) is 50.3 Å². The summed E-state index contributed by atoms with van der Waals surface area (Å²) in [6.45, 7) is 1.62. The molecule has 3 heterocycles. The zero-order chi connectivity index (χ0) is 20.5. The van der Waals surface area contributed by atoms with Crippen LogP contribution in [0.4, 0.5) is 4.39 Å². The first-order valence-corrected chi connectivity index (χ1v) is 10.5. The van der Waals surface area contributed by atoms with Gasteiger partial charge >= 0.3 is 0 Å². The van der Waals surface area contributed by atoms with E-state index < -0.39 is 0 Å². The van der Waals surface area contributed by atoms with E-state index in [1.165, 1.54) is 12.1 Å². The lowest BCUT2D eigenvalue weighted by Crippen LogP contribution is -2.29. The summed E-state index contributed by atoms with van der Waals surface area (Å²) in [5.41, 5.74) is 4.56. The molecule has 2 aliphatic rings. The number of amides is 1. The molecule has 2 N–H and O–H groups in total. The maximum absolute atomic E-state index is 13.3. The second-order valence-corrected chi connectivity index (χ2v) is 8.04. The number of H-pyrrole nitrogens is 2. The molecule has 1 saturated heterocycles. The van der Waals surface area contributed by atoms with E-state index in [2.05, 4.69) is 20.4 Å². The molecule has 0 radical (unpaired) electrons. The van der Waals surface area contributed by atoms with Gasteiger partial charge in [-0.1, -0.05) is 6.07 Å². The SMILES string of the molecule is O=C(c1n[nH]c2c1CCCC2)N1CCC(c2cc(COc3cccc(F)c3)[nH]n2)C1. The van der Waals surface area contributed by atoms with E-state index in [1.807, 2.05) is 11.0 Å². The average molecular weight is 409 g/mol. The van der Waals surface area contributed by atoms with Crippen LogP contribution in [0.1, 0.15) is 58.3 Å². The van der Waals surface area contributed by atoms with E-state index in [0.717, 1.165) is 54.7 Å². The summed E-state index contributed by atoms with van der Waals surface area (Å²) >= 11 is 0. The lowest BCUT2D eigenvalue weighted by Gasteiger charge is -2.17. The molecule has 30 heavy (non-hydrogen) atoms. The van der Waals surface area contributed by atoms with Crippen LogP contribution in [0.2, 0.25) is 0 Å². The summed E-state index contributed by atoms with van der Waals surface area (Å²) in [6, 6.07) is 8.03. The van der Waals surface area contributed by atoms with Gasteiger partial charge in [-0.3, -0.25) is 15.0 Å². The van der Waals surface area contributed by atoms with E-state index in [4.69, 9.17) is 4.74 Å². The minimum atomic E-state index is -0.327. The molecular weight excluding hydrogens is 385 g/mol. The van der Waals surface area contributed by atoms with Gasteiger partial charge in [0.05, 0.1) is 11.4 Å². The second kappa shape index (κ2) is 7.93. The highest BCUT2D eigenvalue weighted by molar-refractivity contribution is 5.94. The van der Waals surface area contributed by atoms with E-state index in [9.17, 15) is 9.18 Å². The van der Waals surface area contributed by atoms with Gasteiger partial charge in [0.15, 0.2) is 5.69 Å². The normalized spacial score (nSPS) is 18.4. The van der Waals surface area contributed by atoms with Gasteiger partial charge in [-0.15, -0.1) is 0 Å². The highest BCUT2D eigenvalue weighted by Gasteiger charge is 2.32. The van der Waals surface area contributed by atoms with Crippen LogP contribution in [0.15, 0.2) is 30.3 Å². The zero-order valence-corrected chi connectivity index (χ0v) is 16.7. The maximum atomic E-state index is 13.3. The predicted molar refractivity (Wildman–Crippen MR) is 108 cm³/mol. The Balaban J connectivity index is 1.21. The fourth-order valence-corrected chi connectivity index (χ4v) is 4.37. The standard InChI is InChI=1S/C22H24FN5O2/c23-15-4-3-5-17(10-15)30-13-16-11-20(26-24-16)14-8-9-28(12-14)22(29)21-18-6-1-2-7-19(18)25-27-21/h3-5,10-11,14H,1-2,6-9,12-13H2,(H,24,26)(H,25,27). The number of likely N-dealkylation sites (tertiary alicyclic amines) is 1. The zero-order valence-electron chi connectivity index (χ0n) is 16.7. The topological polar surface area (TPSA) is 86.9 Å². The molecule has 5 rings (SSSR count). The molecule has 0 saturated carbocycles. The minimum absolute atomic E-state index is 0.0158. The fraction of sp³-hybridized carbons (Fsp3) is 0.409. The number of hydrogen-bond acceptors (Lipinski definition) is 4. The third-order valence-electron chi connectivity index (χ3n) is 5.99. The number of ether oxygens (including phenoxy) is 1. The number of nitrogens with zero attached hydrogens (tertiary/aromatic N) is 3. The predicted octanol–water partition coefficient (Wildman–Crippen LogP) is 3.36. The molecule has 1 unspecified atom stereocenters. The number of fused-ring (bicyclic) bond motifs is 1. The Bertz CT molecular complexity index is 1060. The van der Waals surface area contributed by atoms with Crippen LogP contribution in [0.3, 0.4) is 0 Å². The van der Waals surface area contributed by atoms with Crippen molar-refractivity contribution in [2.75, 3.05) is 13.1 Å². The molecule has 1 aliphatic heterocycles. The number of aromatic amines is 2.